The number of benzene rings is 1. The summed E-state index contributed by atoms with van der Waals surface area (Å²) in [6, 6.07) is 4.55. The third-order valence-electron chi connectivity index (χ3n) is 2.97. The smallest absolute Gasteiger partial charge is 0.419 e. The van der Waals surface area contributed by atoms with Gasteiger partial charge in [0, 0.05) is 12.0 Å². The van der Waals surface area contributed by atoms with Crippen LogP contribution in [0.25, 0.3) is 11.3 Å². The zero-order valence-corrected chi connectivity index (χ0v) is 11.2. The first-order valence-electron chi connectivity index (χ1n) is 6.19. The molecule has 1 heterocycles. The predicted octanol–water partition coefficient (Wildman–Crippen LogP) is 2.98. The van der Waals surface area contributed by atoms with Gasteiger partial charge in [-0.05, 0) is 30.3 Å². The lowest BCUT2D eigenvalue weighted by atomic mass is 10.1. The number of halogens is 4. The van der Waals surface area contributed by atoms with E-state index in [4.69, 9.17) is 15.9 Å². The lowest BCUT2D eigenvalue weighted by Gasteiger charge is -2.09. The molecule has 2 rings (SSSR count). The highest BCUT2D eigenvalue weighted by molar-refractivity contribution is 5.74. The number of hydrogen-bond donors (Lipinski definition) is 2. The predicted molar refractivity (Wildman–Crippen MR) is 69.8 cm³/mol. The van der Waals surface area contributed by atoms with E-state index in [2.05, 4.69) is 0 Å². The Bertz CT molecular complexity index is 694. The van der Waals surface area contributed by atoms with Crippen LogP contribution in [0.4, 0.5) is 17.6 Å². The molecule has 0 fully saturated rings. The van der Waals surface area contributed by atoms with Crippen molar-refractivity contribution in [1.82, 2.24) is 0 Å². The number of nitrogens with two attached hydrogens (primary N) is 2. The number of furan rings is 1. The zero-order valence-electron chi connectivity index (χ0n) is 11.2. The van der Waals surface area contributed by atoms with E-state index >= 15 is 0 Å². The van der Waals surface area contributed by atoms with Crippen molar-refractivity contribution in [2.45, 2.75) is 18.6 Å². The number of primary amides is 1. The number of carbonyl (C=O) groups excluding carboxylic acids is 1. The molecule has 4 nitrogen and oxygen atoms in total. The maximum atomic E-state index is 13.2. The van der Waals surface area contributed by atoms with Crippen LogP contribution in [0, 0.1) is 5.82 Å². The molecule has 8 heteroatoms. The van der Waals surface area contributed by atoms with E-state index in [9.17, 15) is 22.4 Å². The Morgan fingerprint density at radius 1 is 1.23 bits per heavy atom. The molecule has 2 aromatic rings. The van der Waals surface area contributed by atoms with Gasteiger partial charge in [0.15, 0.2) is 0 Å². The molecule has 0 aliphatic heterocycles. The molecule has 22 heavy (non-hydrogen) atoms. The molecular weight excluding hydrogens is 304 g/mol. The van der Waals surface area contributed by atoms with Gasteiger partial charge in [0.1, 0.15) is 17.3 Å². The van der Waals surface area contributed by atoms with Gasteiger partial charge in [0.25, 0.3) is 0 Å². The van der Waals surface area contributed by atoms with E-state index in [1.54, 1.807) is 0 Å². The third-order valence-corrected chi connectivity index (χ3v) is 2.97. The van der Waals surface area contributed by atoms with Gasteiger partial charge in [0.2, 0.25) is 5.91 Å². The van der Waals surface area contributed by atoms with Gasteiger partial charge in [-0.1, -0.05) is 0 Å². The van der Waals surface area contributed by atoms with E-state index in [1.807, 2.05) is 0 Å². The molecule has 0 saturated carbocycles. The molecular formula is C14H12F4N2O2. The molecule has 1 aromatic heterocycles. The van der Waals surface area contributed by atoms with Crippen LogP contribution in [0.15, 0.2) is 34.7 Å². The van der Waals surface area contributed by atoms with Gasteiger partial charge < -0.3 is 15.9 Å². The number of amides is 1. The number of rotatable bonds is 4. The Balaban J connectivity index is 2.34. The van der Waals surface area contributed by atoms with Crippen molar-refractivity contribution < 1.29 is 26.8 Å². The second-order valence-electron chi connectivity index (χ2n) is 4.67. The van der Waals surface area contributed by atoms with Crippen molar-refractivity contribution in [2.24, 2.45) is 11.5 Å². The minimum atomic E-state index is -4.81. The normalized spacial score (nSPS) is 13.1. The molecule has 1 atom stereocenters. The van der Waals surface area contributed by atoms with Crippen LogP contribution in [0.5, 0.6) is 0 Å². The minimum Gasteiger partial charge on any atom is -0.459 e. The minimum absolute atomic E-state index is 0.0475. The fraction of sp³-hybridized carbons (Fsp3) is 0.214. The quantitative estimate of drug-likeness (QED) is 0.851. The van der Waals surface area contributed by atoms with Crippen LogP contribution in [0.2, 0.25) is 0 Å². The second kappa shape index (κ2) is 5.80. The highest BCUT2D eigenvalue weighted by Crippen LogP contribution is 2.35. The van der Waals surface area contributed by atoms with Crippen LogP contribution >= 0.6 is 0 Å². The Morgan fingerprint density at radius 3 is 2.50 bits per heavy atom. The molecule has 0 aliphatic carbocycles. The second-order valence-corrected chi connectivity index (χ2v) is 4.67. The molecule has 0 radical (unpaired) electrons. The fourth-order valence-corrected chi connectivity index (χ4v) is 1.92. The van der Waals surface area contributed by atoms with Gasteiger partial charge in [-0.2, -0.15) is 13.2 Å². The Morgan fingerprint density at radius 2 is 1.91 bits per heavy atom. The van der Waals surface area contributed by atoms with Crippen LogP contribution in [-0.4, -0.2) is 5.91 Å². The summed E-state index contributed by atoms with van der Waals surface area (Å²) < 4.78 is 56.6. The molecule has 0 aliphatic rings. The third kappa shape index (κ3) is 3.45. The van der Waals surface area contributed by atoms with E-state index in [0.29, 0.717) is 12.1 Å². The van der Waals surface area contributed by atoms with E-state index in [-0.39, 0.29) is 23.5 Å². The molecule has 0 bridgehead atoms. The van der Waals surface area contributed by atoms with Crippen molar-refractivity contribution in [3.63, 3.8) is 0 Å². The standard InChI is InChI=1S/C14H12F4N2O2/c15-9-2-1-7(5-8(9)14(16,17)18)11-3-4-12(22-11)10(19)6-13(20)21/h1-5,10H,6,19H2,(H2,20,21). The van der Waals surface area contributed by atoms with Gasteiger partial charge in [-0.15, -0.1) is 0 Å². The molecule has 0 saturated heterocycles. The largest absolute Gasteiger partial charge is 0.459 e. The average Bonchev–Trinajstić information content (AvgIpc) is 2.86. The first-order chi connectivity index (χ1) is 10.2. The summed E-state index contributed by atoms with van der Waals surface area (Å²) in [5.41, 5.74) is 9.34. The van der Waals surface area contributed by atoms with Crippen molar-refractivity contribution in [1.29, 1.82) is 0 Å². The highest BCUT2D eigenvalue weighted by Gasteiger charge is 2.34. The lowest BCUT2D eigenvalue weighted by Crippen LogP contribution is -2.20. The number of alkyl halides is 3. The first-order valence-corrected chi connectivity index (χ1v) is 6.19. The summed E-state index contributed by atoms with van der Waals surface area (Å²) in [6.45, 7) is 0. The zero-order chi connectivity index (χ0) is 16.5. The monoisotopic (exact) mass is 316 g/mol. The Hall–Kier alpha value is -2.35. The summed E-state index contributed by atoms with van der Waals surface area (Å²) in [7, 11) is 0. The van der Waals surface area contributed by atoms with Gasteiger partial charge in [-0.3, -0.25) is 4.79 Å². The topological polar surface area (TPSA) is 82.2 Å². The first kappa shape index (κ1) is 16.0. The SMILES string of the molecule is NC(=O)CC(N)c1ccc(-c2ccc(F)c(C(F)(F)F)c2)o1. The summed E-state index contributed by atoms with van der Waals surface area (Å²) in [5.74, 6) is -1.72. The van der Waals surface area contributed by atoms with Gasteiger partial charge in [-0.25, -0.2) is 4.39 Å². The molecule has 1 unspecified atom stereocenters. The van der Waals surface area contributed by atoms with Crippen LogP contribution in [0.1, 0.15) is 23.8 Å². The Kier molecular flexibility index (Phi) is 4.23. The fourth-order valence-electron chi connectivity index (χ4n) is 1.92. The summed E-state index contributed by atoms with van der Waals surface area (Å²) in [4.78, 5) is 10.8. The molecule has 0 spiro atoms. The summed E-state index contributed by atoms with van der Waals surface area (Å²) in [5, 5.41) is 0. The lowest BCUT2D eigenvalue weighted by molar-refractivity contribution is -0.140. The average molecular weight is 316 g/mol. The summed E-state index contributed by atoms with van der Waals surface area (Å²) in [6.07, 6.45) is -4.97. The van der Waals surface area contributed by atoms with Gasteiger partial charge in [0.05, 0.1) is 11.6 Å². The van der Waals surface area contributed by atoms with Crippen LogP contribution in [0.3, 0.4) is 0 Å². The molecule has 4 N–H and O–H groups in total. The maximum Gasteiger partial charge on any atom is 0.419 e. The number of carbonyl (C=O) groups is 1. The highest BCUT2D eigenvalue weighted by atomic mass is 19.4. The van der Waals surface area contributed by atoms with Gasteiger partial charge >= 0.3 is 6.18 Å². The van der Waals surface area contributed by atoms with Crippen molar-refractivity contribution in [3.8, 4) is 11.3 Å². The van der Waals surface area contributed by atoms with Crippen LogP contribution in [-0.2, 0) is 11.0 Å². The van der Waals surface area contributed by atoms with E-state index in [0.717, 1.165) is 6.07 Å². The van der Waals surface area contributed by atoms with Crippen molar-refractivity contribution >= 4 is 5.91 Å². The Labute approximate surface area is 122 Å². The number of hydrogen-bond acceptors (Lipinski definition) is 3. The van der Waals surface area contributed by atoms with Crippen molar-refractivity contribution in [3.05, 3.63) is 47.5 Å². The maximum absolute atomic E-state index is 13.2. The molecule has 118 valence electrons. The van der Waals surface area contributed by atoms with E-state index < -0.39 is 29.5 Å². The van der Waals surface area contributed by atoms with Crippen molar-refractivity contribution in [2.75, 3.05) is 0 Å². The summed E-state index contributed by atoms with van der Waals surface area (Å²) >= 11 is 0. The molecule has 1 aromatic carbocycles. The molecule has 1 amide bonds. The van der Waals surface area contributed by atoms with Crippen LogP contribution < -0.4 is 11.5 Å². The van der Waals surface area contributed by atoms with E-state index in [1.165, 1.54) is 12.1 Å².